The van der Waals surface area contributed by atoms with E-state index in [9.17, 15) is 4.79 Å². The monoisotopic (exact) mass is 380 g/mol. The van der Waals surface area contributed by atoms with Crippen LogP contribution in [-0.2, 0) is 0 Å². The number of hydrogen-bond acceptors (Lipinski definition) is 5. The van der Waals surface area contributed by atoms with Gasteiger partial charge in [-0.05, 0) is 60.7 Å². The van der Waals surface area contributed by atoms with E-state index in [1.807, 2.05) is 54.6 Å². The number of aromatic nitrogens is 1. The number of methoxy groups -OCH3 is 1. The quantitative estimate of drug-likeness (QED) is 0.368. The summed E-state index contributed by atoms with van der Waals surface area (Å²) in [5.41, 5.74) is 3.15. The number of nitriles is 1. The maximum atomic E-state index is 12.9. The molecule has 0 unspecified atom stereocenters. The molecule has 0 saturated carbocycles. The van der Waals surface area contributed by atoms with Gasteiger partial charge in [0.05, 0.1) is 35.5 Å². The molecule has 5 heteroatoms. The van der Waals surface area contributed by atoms with E-state index in [-0.39, 0.29) is 0 Å². The lowest BCUT2D eigenvalue weighted by Gasteiger charge is -2.10. The first-order valence-electron chi connectivity index (χ1n) is 8.94. The van der Waals surface area contributed by atoms with E-state index >= 15 is 0 Å². The first-order chi connectivity index (χ1) is 14.2. The van der Waals surface area contributed by atoms with Crippen LogP contribution in [-0.4, -0.2) is 18.1 Å². The van der Waals surface area contributed by atoms with E-state index in [0.717, 1.165) is 11.3 Å². The highest BCUT2D eigenvalue weighted by molar-refractivity contribution is 6.05. The average Bonchev–Trinajstić information content (AvgIpc) is 2.79. The molecule has 0 atom stereocenters. The van der Waals surface area contributed by atoms with E-state index in [2.05, 4.69) is 4.98 Å². The number of rotatable bonds is 4. The van der Waals surface area contributed by atoms with Crippen LogP contribution in [0.3, 0.4) is 0 Å². The number of carbonyl (C=O) groups is 1. The predicted molar refractivity (Wildman–Crippen MR) is 110 cm³/mol. The third kappa shape index (κ3) is 3.78. The topological polar surface area (TPSA) is 72.2 Å². The Balaban J connectivity index is 1.75. The van der Waals surface area contributed by atoms with Crippen molar-refractivity contribution in [2.45, 2.75) is 0 Å². The molecule has 4 aromatic rings. The number of esters is 1. The van der Waals surface area contributed by atoms with Crippen LogP contribution in [0.2, 0.25) is 0 Å². The Hall–Kier alpha value is -4.17. The molecular formula is C24H16N2O3. The average molecular weight is 380 g/mol. The van der Waals surface area contributed by atoms with Gasteiger partial charge in [-0.25, -0.2) is 9.78 Å². The molecule has 0 aliphatic rings. The number of carbonyl (C=O) groups excluding carboxylic acids is 1. The van der Waals surface area contributed by atoms with Crippen molar-refractivity contribution >= 4 is 16.9 Å². The second kappa shape index (κ2) is 7.83. The van der Waals surface area contributed by atoms with E-state index in [1.54, 1.807) is 37.4 Å². The van der Waals surface area contributed by atoms with Gasteiger partial charge in [-0.3, -0.25) is 0 Å². The first-order valence-corrected chi connectivity index (χ1v) is 8.94. The van der Waals surface area contributed by atoms with Crippen LogP contribution in [0.25, 0.3) is 22.2 Å². The summed E-state index contributed by atoms with van der Waals surface area (Å²) in [5, 5.41) is 9.62. The van der Waals surface area contributed by atoms with Crippen molar-refractivity contribution in [3.63, 3.8) is 0 Å². The van der Waals surface area contributed by atoms with Crippen molar-refractivity contribution in [3.8, 4) is 28.8 Å². The zero-order valence-electron chi connectivity index (χ0n) is 15.6. The maximum Gasteiger partial charge on any atom is 0.344 e. The minimum absolute atomic E-state index is 0.376. The molecule has 0 saturated heterocycles. The number of nitrogens with zero attached hydrogens (tertiary/aromatic N) is 2. The highest BCUT2D eigenvalue weighted by atomic mass is 16.5. The Morgan fingerprint density at radius 2 is 1.62 bits per heavy atom. The summed E-state index contributed by atoms with van der Waals surface area (Å²) < 4.78 is 10.7. The van der Waals surface area contributed by atoms with Crippen LogP contribution in [0.1, 0.15) is 15.9 Å². The Labute approximate surface area is 167 Å². The lowest BCUT2D eigenvalue weighted by atomic mass is 10.0. The van der Waals surface area contributed by atoms with Gasteiger partial charge >= 0.3 is 5.97 Å². The number of ether oxygens (including phenoxy) is 2. The van der Waals surface area contributed by atoms with Gasteiger partial charge in [-0.1, -0.05) is 18.2 Å². The van der Waals surface area contributed by atoms with E-state index in [0.29, 0.717) is 33.5 Å². The normalized spacial score (nSPS) is 10.3. The molecule has 0 amide bonds. The van der Waals surface area contributed by atoms with Gasteiger partial charge in [0.1, 0.15) is 11.5 Å². The van der Waals surface area contributed by atoms with Crippen LogP contribution < -0.4 is 9.47 Å². The SMILES string of the molecule is COc1ccc(-c2cc(C(=O)Oc3ccc(C#N)cc3)c3ccccc3n2)cc1. The molecule has 1 heterocycles. The van der Waals surface area contributed by atoms with E-state index in [4.69, 9.17) is 14.7 Å². The third-order valence-electron chi connectivity index (χ3n) is 4.52. The summed E-state index contributed by atoms with van der Waals surface area (Å²) in [6, 6.07) is 25.1. The molecule has 0 aliphatic heterocycles. The van der Waals surface area contributed by atoms with Crippen LogP contribution >= 0.6 is 0 Å². The summed E-state index contributed by atoms with van der Waals surface area (Å²) in [6.45, 7) is 0. The van der Waals surface area contributed by atoms with Gasteiger partial charge in [-0.2, -0.15) is 5.26 Å². The fourth-order valence-corrected chi connectivity index (χ4v) is 3.01. The van der Waals surface area contributed by atoms with Crippen LogP contribution in [0.15, 0.2) is 78.9 Å². The van der Waals surface area contributed by atoms with Gasteiger partial charge in [-0.15, -0.1) is 0 Å². The number of para-hydroxylation sites is 1. The molecule has 0 radical (unpaired) electrons. The molecule has 0 aliphatic carbocycles. The Kier molecular flexibility index (Phi) is 4.91. The molecular weight excluding hydrogens is 364 g/mol. The van der Waals surface area contributed by atoms with Crippen molar-refractivity contribution in [2.75, 3.05) is 7.11 Å². The van der Waals surface area contributed by atoms with Gasteiger partial charge in [0, 0.05) is 10.9 Å². The molecule has 5 nitrogen and oxygen atoms in total. The summed E-state index contributed by atoms with van der Waals surface area (Å²) in [5.74, 6) is 0.638. The second-order valence-electron chi connectivity index (χ2n) is 6.33. The van der Waals surface area contributed by atoms with Gasteiger partial charge < -0.3 is 9.47 Å². The van der Waals surface area contributed by atoms with Crippen molar-refractivity contribution in [2.24, 2.45) is 0 Å². The minimum atomic E-state index is -0.483. The Bertz CT molecular complexity index is 1220. The number of fused-ring (bicyclic) bond motifs is 1. The number of hydrogen-bond donors (Lipinski definition) is 0. The van der Waals surface area contributed by atoms with E-state index in [1.165, 1.54) is 0 Å². The van der Waals surface area contributed by atoms with Crippen LogP contribution in [0, 0.1) is 11.3 Å². The zero-order chi connectivity index (χ0) is 20.2. The first kappa shape index (κ1) is 18.2. The fourth-order valence-electron chi connectivity index (χ4n) is 3.01. The smallest absolute Gasteiger partial charge is 0.344 e. The van der Waals surface area contributed by atoms with Gasteiger partial charge in [0.15, 0.2) is 0 Å². The summed E-state index contributed by atoms with van der Waals surface area (Å²) >= 11 is 0. The summed E-state index contributed by atoms with van der Waals surface area (Å²) in [4.78, 5) is 17.6. The van der Waals surface area contributed by atoms with Crippen LogP contribution in [0.5, 0.6) is 11.5 Å². The molecule has 0 fully saturated rings. The molecule has 4 rings (SSSR count). The van der Waals surface area contributed by atoms with Crippen molar-refractivity contribution in [1.29, 1.82) is 5.26 Å². The molecule has 0 spiro atoms. The largest absolute Gasteiger partial charge is 0.497 e. The highest BCUT2D eigenvalue weighted by Crippen LogP contribution is 2.27. The summed E-state index contributed by atoms with van der Waals surface area (Å²) in [7, 11) is 1.61. The summed E-state index contributed by atoms with van der Waals surface area (Å²) in [6.07, 6.45) is 0. The molecule has 29 heavy (non-hydrogen) atoms. The van der Waals surface area contributed by atoms with Crippen molar-refractivity contribution < 1.29 is 14.3 Å². The fraction of sp³-hybridized carbons (Fsp3) is 0.0417. The van der Waals surface area contributed by atoms with Crippen molar-refractivity contribution in [3.05, 3.63) is 90.0 Å². The molecule has 1 aromatic heterocycles. The second-order valence-corrected chi connectivity index (χ2v) is 6.33. The minimum Gasteiger partial charge on any atom is -0.497 e. The van der Waals surface area contributed by atoms with E-state index < -0.39 is 5.97 Å². The third-order valence-corrected chi connectivity index (χ3v) is 4.52. The Morgan fingerprint density at radius 1 is 0.931 bits per heavy atom. The Morgan fingerprint density at radius 3 is 2.31 bits per heavy atom. The molecule has 140 valence electrons. The molecule has 3 aromatic carbocycles. The molecule has 0 N–H and O–H groups in total. The highest BCUT2D eigenvalue weighted by Gasteiger charge is 2.16. The lowest BCUT2D eigenvalue weighted by Crippen LogP contribution is -2.10. The van der Waals surface area contributed by atoms with Crippen LogP contribution in [0.4, 0.5) is 0 Å². The standard InChI is InChI=1S/C24H16N2O3/c1-28-18-12-8-17(9-13-18)23-14-21(20-4-2-3-5-22(20)26-23)24(27)29-19-10-6-16(15-25)7-11-19/h2-14H,1H3. The van der Waals surface area contributed by atoms with Gasteiger partial charge in [0.25, 0.3) is 0 Å². The number of benzene rings is 3. The molecule has 0 bridgehead atoms. The zero-order valence-corrected chi connectivity index (χ0v) is 15.6. The van der Waals surface area contributed by atoms with Crippen molar-refractivity contribution in [1.82, 2.24) is 4.98 Å². The maximum absolute atomic E-state index is 12.9. The van der Waals surface area contributed by atoms with Gasteiger partial charge in [0.2, 0.25) is 0 Å². The predicted octanol–water partition coefficient (Wildman–Crippen LogP) is 5.00. The number of pyridine rings is 1. The lowest BCUT2D eigenvalue weighted by molar-refractivity contribution is 0.0737.